The first kappa shape index (κ1) is 19.0. The zero-order valence-corrected chi connectivity index (χ0v) is 14.9. The molecule has 1 aromatic carbocycles. The Hall–Kier alpha value is -1.77. The fourth-order valence-corrected chi connectivity index (χ4v) is 3.31. The van der Waals surface area contributed by atoms with Crippen LogP contribution in [0.25, 0.3) is 0 Å². The van der Waals surface area contributed by atoms with Crippen LogP contribution >= 0.6 is 23.2 Å². The predicted molar refractivity (Wildman–Crippen MR) is 89.4 cm³/mol. The Kier molecular flexibility index (Phi) is 5.45. The van der Waals surface area contributed by atoms with Gasteiger partial charge in [-0.1, -0.05) is 23.2 Å². The summed E-state index contributed by atoms with van der Waals surface area (Å²) in [7, 11) is 0. The molecule has 10 heteroatoms. The molecular formula is C16H14Cl2F3N3O2. The second-order valence-electron chi connectivity index (χ2n) is 5.71. The SMILES string of the molecule is O=C(NCCn1nc(C(F)(F)F)c2c1CCOC2)c1cc(Cl)cc(Cl)c1. The monoisotopic (exact) mass is 407 g/mol. The van der Waals surface area contributed by atoms with Crippen molar-refractivity contribution >= 4 is 29.1 Å². The van der Waals surface area contributed by atoms with Crippen LogP contribution in [-0.2, 0) is 30.5 Å². The van der Waals surface area contributed by atoms with Gasteiger partial charge in [0.25, 0.3) is 5.91 Å². The quantitative estimate of drug-likeness (QED) is 0.840. The van der Waals surface area contributed by atoms with E-state index in [-0.39, 0.29) is 30.8 Å². The molecule has 0 unspecified atom stereocenters. The smallest absolute Gasteiger partial charge is 0.376 e. The van der Waals surface area contributed by atoms with Gasteiger partial charge in [-0.2, -0.15) is 18.3 Å². The molecule has 0 fully saturated rings. The maximum Gasteiger partial charge on any atom is 0.435 e. The van der Waals surface area contributed by atoms with Crippen LogP contribution in [0.15, 0.2) is 18.2 Å². The Morgan fingerprint density at radius 2 is 1.96 bits per heavy atom. The van der Waals surface area contributed by atoms with E-state index in [1.54, 1.807) is 0 Å². The zero-order chi connectivity index (χ0) is 18.9. The average molecular weight is 408 g/mol. The molecule has 140 valence electrons. The first-order chi connectivity index (χ1) is 12.3. The summed E-state index contributed by atoms with van der Waals surface area (Å²) in [6, 6.07) is 4.41. The van der Waals surface area contributed by atoms with Crippen LogP contribution in [0, 0.1) is 0 Å². The molecule has 5 nitrogen and oxygen atoms in total. The van der Waals surface area contributed by atoms with Crippen LogP contribution < -0.4 is 5.32 Å². The molecule has 1 amide bonds. The minimum absolute atomic E-state index is 0.0664. The van der Waals surface area contributed by atoms with Crippen molar-refractivity contribution in [2.24, 2.45) is 0 Å². The molecule has 3 rings (SSSR count). The summed E-state index contributed by atoms with van der Waals surface area (Å²) in [5.74, 6) is -0.421. The maximum absolute atomic E-state index is 13.1. The van der Waals surface area contributed by atoms with Gasteiger partial charge in [0, 0.05) is 39.8 Å². The van der Waals surface area contributed by atoms with Gasteiger partial charge in [0.15, 0.2) is 5.69 Å². The lowest BCUT2D eigenvalue weighted by molar-refractivity contribution is -0.142. The molecule has 0 bridgehead atoms. The van der Waals surface area contributed by atoms with Crippen molar-refractivity contribution in [3.63, 3.8) is 0 Å². The van der Waals surface area contributed by atoms with Gasteiger partial charge < -0.3 is 10.1 Å². The lowest BCUT2D eigenvalue weighted by Crippen LogP contribution is -2.28. The first-order valence-electron chi connectivity index (χ1n) is 7.73. The Bertz CT molecular complexity index is 817. The molecule has 1 N–H and O–H groups in total. The molecular weight excluding hydrogens is 394 g/mol. The molecule has 26 heavy (non-hydrogen) atoms. The predicted octanol–water partition coefficient (Wildman–Crippen LogP) is 3.71. The average Bonchev–Trinajstić information content (AvgIpc) is 2.93. The molecule has 0 spiro atoms. The van der Waals surface area contributed by atoms with E-state index in [1.165, 1.54) is 22.9 Å². The molecule has 0 saturated heterocycles. The number of nitrogens with zero attached hydrogens (tertiary/aromatic N) is 2. The van der Waals surface area contributed by atoms with Crippen molar-refractivity contribution in [2.75, 3.05) is 13.2 Å². The Morgan fingerprint density at radius 3 is 2.62 bits per heavy atom. The highest BCUT2D eigenvalue weighted by molar-refractivity contribution is 6.35. The number of nitrogens with one attached hydrogen (secondary N) is 1. The first-order valence-corrected chi connectivity index (χ1v) is 8.49. The number of aromatic nitrogens is 2. The number of amides is 1. The van der Waals surface area contributed by atoms with Gasteiger partial charge >= 0.3 is 6.18 Å². The molecule has 0 aliphatic carbocycles. The molecule has 2 heterocycles. The highest BCUT2D eigenvalue weighted by atomic mass is 35.5. The fraction of sp³-hybridized carbons (Fsp3) is 0.375. The summed E-state index contributed by atoms with van der Waals surface area (Å²) in [6.07, 6.45) is -4.20. The van der Waals surface area contributed by atoms with Crippen molar-refractivity contribution in [1.82, 2.24) is 15.1 Å². The molecule has 0 atom stereocenters. The number of halogens is 5. The van der Waals surface area contributed by atoms with Crippen LogP contribution in [0.4, 0.5) is 13.2 Å². The normalized spacial score (nSPS) is 14.2. The van der Waals surface area contributed by atoms with Crippen LogP contribution in [0.1, 0.15) is 27.3 Å². The molecule has 1 aromatic heterocycles. The third kappa shape index (κ3) is 4.13. The molecule has 0 saturated carbocycles. The second-order valence-corrected chi connectivity index (χ2v) is 6.58. The largest absolute Gasteiger partial charge is 0.435 e. The number of hydrogen-bond acceptors (Lipinski definition) is 3. The standard InChI is InChI=1S/C16H14Cl2F3N3O2/c17-10-5-9(6-11(18)7-10)15(25)22-2-3-24-13-1-4-26-8-12(13)14(23-24)16(19,20)21/h5-7H,1-4,8H2,(H,22,25). The third-order valence-corrected chi connectivity index (χ3v) is 4.33. The van der Waals surface area contributed by atoms with Crippen molar-refractivity contribution in [3.8, 4) is 0 Å². The van der Waals surface area contributed by atoms with Gasteiger partial charge in [0.2, 0.25) is 0 Å². The number of fused-ring (bicyclic) bond motifs is 1. The van der Waals surface area contributed by atoms with E-state index in [1.807, 2.05) is 0 Å². The van der Waals surface area contributed by atoms with Gasteiger partial charge in [-0.25, -0.2) is 0 Å². The van der Waals surface area contributed by atoms with Gasteiger partial charge in [0.1, 0.15) is 0 Å². The number of ether oxygens (including phenoxy) is 1. The molecule has 0 radical (unpaired) electrons. The van der Waals surface area contributed by atoms with Crippen LogP contribution in [0.3, 0.4) is 0 Å². The number of rotatable bonds is 4. The van der Waals surface area contributed by atoms with Gasteiger partial charge in [0.05, 0.1) is 19.8 Å². The van der Waals surface area contributed by atoms with Crippen molar-refractivity contribution < 1.29 is 22.7 Å². The van der Waals surface area contributed by atoms with Crippen LogP contribution in [0.2, 0.25) is 10.0 Å². The van der Waals surface area contributed by atoms with E-state index in [9.17, 15) is 18.0 Å². The lowest BCUT2D eigenvalue weighted by atomic mass is 10.1. The number of benzene rings is 1. The number of carbonyl (C=O) groups is 1. The zero-order valence-electron chi connectivity index (χ0n) is 13.4. The van der Waals surface area contributed by atoms with E-state index in [4.69, 9.17) is 27.9 Å². The van der Waals surface area contributed by atoms with E-state index in [0.717, 1.165) is 0 Å². The topological polar surface area (TPSA) is 56.2 Å². The maximum atomic E-state index is 13.1. The fourth-order valence-electron chi connectivity index (χ4n) is 2.78. The van der Waals surface area contributed by atoms with Crippen molar-refractivity contribution in [2.45, 2.75) is 25.7 Å². The summed E-state index contributed by atoms with van der Waals surface area (Å²) < 4.78 is 45.7. The minimum Gasteiger partial charge on any atom is -0.376 e. The number of hydrogen-bond donors (Lipinski definition) is 1. The summed E-state index contributed by atoms with van der Waals surface area (Å²) >= 11 is 11.7. The molecule has 2 aromatic rings. The highest BCUT2D eigenvalue weighted by Gasteiger charge is 2.39. The van der Waals surface area contributed by atoms with Gasteiger partial charge in [-0.05, 0) is 18.2 Å². The summed E-state index contributed by atoms with van der Waals surface area (Å²) in [6.45, 7) is 0.439. The number of alkyl halides is 3. The summed E-state index contributed by atoms with van der Waals surface area (Å²) in [4.78, 5) is 12.1. The summed E-state index contributed by atoms with van der Waals surface area (Å²) in [5, 5.41) is 6.94. The van der Waals surface area contributed by atoms with E-state index in [2.05, 4.69) is 10.4 Å². The highest BCUT2D eigenvalue weighted by Crippen LogP contribution is 2.34. The summed E-state index contributed by atoms with van der Waals surface area (Å²) in [5.41, 5.74) is -0.102. The lowest BCUT2D eigenvalue weighted by Gasteiger charge is -2.15. The second kappa shape index (κ2) is 7.46. The van der Waals surface area contributed by atoms with Crippen LogP contribution in [0.5, 0.6) is 0 Å². The molecule has 1 aliphatic rings. The van der Waals surface area contributed by atoms with E-state index >= 15 is 0 Å². The van der Waals surface area contributed by atoms with Crippen molar-refractivity contribution in [3.05, 3.63) is 50.8 Å². The van der Waals surface area contributed by atoms with E-state index in [0.29, 0.717) is 28.8 Å². The molecule has 1 aliphatic heterocycles. The van der Waals surface area contributed by atoms with Gasteiger partial charge in [-0.3, -0.25) is 9.48 Å². The minimum atomic E-state index is -4.54. The Morgan fingerprint density at radius 1 is 1.27 bits per heavy atom. The third-order valence-electron chi connectivity index (χ3n) is 3.90. The van der Waals surface area contributed by atoms with Gasteiger partial charge in [-0.15, -0.1) is 0 Å². The van der Waals surface area contributed by atoms with Crippen molar-refractivity contribution in [1.29, 1.82) is 0 Å². The van der Waals surface area contributed by atoms with E-state index < -0.39 is 17.8 Å². The Labute approximate surface area is 157 Å². The number of carbonyl (C=O) groups excluding carboxylic acids is 1. The Balaban J connectivity index is 1.70. The van der Waals surface area contributed by atoms with Crippen LogP contribution in [-0.4, -0.2) is 28.8 Å².